The first kappa shape index (κ1) is 22.7. The third-order valence-electron chi connectivity index (χ3n) is 3.13. The smallest absolute Gasteiger partial charge is 0.203 e. The number of rotatable bonds is 7. The number of aliphatic hydroxyl groups excluding tert-OH is 4. The molecule has 0 saturated carbocycles. The van der Waals surface area contributed by atoms with E-state index < -0.39 is 57.6 Å². The minimum absolute atomic E-state index is 0.0190. The van der Waals surface area contributed by atoms with Gasteiger partial charge in [-0.25, -0.2) is 8.42 Å². The highest BCUT2D eigenvalue weighted by Gasteiger charge is 2.44. The predicted molar refractivity (Wildman–Crippen MR) is 90.9 cm³/mol. The average Bonchev–Trinajstić information content (AvgIpc) is 2.50. The lowest BCUT2D eigenvalue weighted by atomic mass is 10.0. The van der Waals surface area contributed by atoms with Crippen LogP contribution in [0.1, 0.15) is 12.8 Å². The summed E-state index contributed by atoms with van der Waals surface area (Å²) in [5.74, 6) is 0. The second-order valence-electron chi connectivity index (χ2n) is 5.14. The highest BCUT2D eigenvalue weighted by atomic mass is 32.2. The Morgan fingerprint density at radius 2 is 1.96 bits per heavy atom. The molecule has 0 aliphatic carbocycles. The van der Waals surface area contributed by atoms with Crippen LogP contribution in [0.4, 0.5) is 0 Å². The van der Waals surface area contributed by atoms with E-state index in [0.717, 1.165) is 0 Å². The Bertz CT molecular complexity index is 619. The summed E-state index contributed by atoms with van der Waals surface area (Å²) < 4.78 is 51.9. The van der Waals surface area contributed by atoms with Crippen LogP contribution >= 0.6 is 11.8 Å². The largest absolute Gasteiger partial charge is 0.730 e. The zero-order valence-electron chi connectivity index (χ0n) is 13.2. The van der Waals surface area contributed by atoms with Crippen molar-refractivity contribution < 1.29 is 42.3 Å². The molecule has 0 bridgehead atoms. The van der Waals surface area contributed by atoms with Crippen LogP contribution in [0.25, 0.3) is 0 Å². The molecule has 1 aliphatic heterocycles. The third-order valence-corrected chi connectivity index (χ3v) is 5.45. The SMILES string of the molecule is CS(=O)C=CCC/C(=N/S(=O)(=O)[O-])S[C@@H]1O[C@H](CO)[C@@H](O)[C@H](O)[C@H]1O. The molecule has 1 fully saturated rings. The molecule has 1 heterocycles. The van der Waals surface area contributed by atoms with E-state index in [1.54, 1.807) is 0 Å². The first-order valence-electron chi connectivity index (χ1n) is 7.06. The number of hydrogen-bond acceptors (Lipinski definition) is 10. The Kier molecular flexibility index (Phi) is 9.14. The van der Waals surface area contributed by atoms with Gasteiger partial charge in [-0.05, 0) is 11.8 Å². The van der Waals surface area contributed by atoms with Gasteiger partial charge in [-0.2, -0.15) is 4.40 Å². The quantitative estimate of drug-likeness (QED) is 0.206. The summed E-state index contributed by atoms with van der Waals surface area (Å²) in [5, 5.41) is 39.7. The van der Waals surface area contributed by atoms with E-state index in [1.807, 2.05) is 0 Å². The van der Waals surface area contributed by atoms with Crippen molar-refractivity contribution in [3.8, 4) is 0 Å². The van der Waals surface area contributed by atoms with Crippen LogP contribution in [-0.4, -0.2) is 85.4 Å². The molecule has 13 heteroatoms. The van der Waals surface area contributed by atoms with Crippen molar-refractivity contribution >= 4 is 37.9 Å². The van der Waals surface area contributed by atoms with Crippen molar-refractivity contribution in [3.63, 3.8) is 0 Å². The molecule has 1 saturated heterocycles. The zero-order valence-corrected chi connectivity index (χ0v) is 15.6. The van der Waals surface area contributed by atoms with Crippen LogP contribution in [-0.2, 0) is 25.8 Å². The molecule has 0 aromatic heterocycles. The van der Waals surface area contributed by atoms with Crippen LogP contribution in [0.5, 0.6) is 0 Å². The molecule has 0 radical (unpaired) electrons. The van der Waals surface area contributed by atoms with Crippen LogP contribution in [0, 0.1) is 0 Å². The van der Waals surface area contributed by atoms with Gasteiger partial charge in [0.25, 0.3) is 0 Å². The van der Waals surface area contributed by atoms with Gasteiger partial charge in [0.15, 0.2) is 0 Å². The number of allylic oxidation sites excluding steroid dienone is 1. The fourth-order valence-corrected chi connectivity index (χ4v) is 4.16. The van der Waals surface area contributed by atoms with Crippen LogP contribution in [0.3, 0.4) is 0 Å². The van der Waals surface area contributed by atoms with E-state index in [-0.39, 0.29) is 17.9 Å². The summed E-state index contributed by atoms with van der Waals surface area (Å²) in [4.78, 5) is 0. The molecule has 0 amide bonds. The summed E-state index contributed by atoms with van der Waals surface area (Å²) in [5.41, 5.74) is -1.25. The molecule has 1 unspecified atom stereocenters. The number of hydrogen-bond donors (Lipinski definition) is 4. The molecule has 0 spiro atoms. The number of aliphatic hydroxyl groups is 4. The molecule has 25 heavy (non-hydrogen) atoms. The first-order valence-corrected chi connectivity index (χ1v) is 10.9. The average molecular weight is 418 g/mol. The van der Waals surface area contributed by atoms with Crippen molar-refractivity contribution in [2.45, 2.75) is 42.7 Å². The van der Waals surface area contributed by atoms with E-state index >= 15 is 0 Å². The van der Waals surface area contributed by atoms with E-state index in [0.29, 0.717) is 11.8 Å². The van der Waals surface area contributed by atoms with Crippen molar-refractivity contribution in [3.05, 3.63) is 11.5 Å². The summed E-state index contributed by atoms with van der Waals surface area (Å²) in [7, 11) is -6.14. The van der Waals surface area contributed by atoms with Gasteiger partial charge in [-0.3, -0.25) is 4.21 Å². The Labute approximate surface area is 152 Å². The van der Waals surface area contributed by atoms with Gasteiger partial charge in [-0.15, -0.1) is 0 Å². The third kappa shape index (κ3) is 7.80. The molecule has 0 aromatic carbocycles. The summed E-state index contributed by atoms with van der Waals surface area (Å²) in [6.07, 6.45) is -2.79. The molecule has 146 valence electrons. The molecular weight excluding hydrogens is 398 g/mol. The molecule has 1 rings (SSSR count). The van der Waals surface area contributed by atoms with Crippen LogP contribution in [0.15, 0.2) is 15.9 Å². The Morgan fingerprint density at radius 3 is 2.48 bits per heavy atom. The second kappa shape index (κ2) is 10.1. The maximum atomic E-state index is 10.9. The fourth-order valence-electron chi connectivity index (χ4n) is 1.96. The maximum Gasteiger partial charge on any atom is 0.203 e. The molecule has 0 aromatic rings. The van der Waals surface area contributed by atoms with Crippen LogP contribution in [0.2, 0.25) is 0 Å². The first-order chi connectivity index (χ1) is 11.5. The molecule has 1 aliphatic rings. The molecular formula is C12H20NO9S3-. The lowest BCUT2D eigenvalue weighted by Crippen LogP contribution is -2.57. The zero-order chi connectivity index (χ0) is 19.2. The topological polar surface area (TPSA) is 177 Å². The highest BCUT2D eigenvalue weighted by molar-refractivity contribution is 8.14. The number of thioether (sulfide) groups is 1. The molecule has 10 nitrogen and oxygen atoms in total. The van der Waals surface area contributed by atoms with E-state index in [9.17, 15) is 32.5 Å². The minimum atomic E-state index is -4.95. The van der Waals surface area contributed by atoms with E-state index in [4.69, 9.17) is 9.84 Å². The second-order valence-corrected chi connectivity index (χ2v) is 8.62. The van der Waals surface area contributed by atoms with Crippen molar-refractivity contribution in [2.75, 3.05) is 12.9 Å². The number of ether oxygens (including phenoxy) is 1. The minimum Gasteiger partial charge on any atom is -0.730 e. The van der Waals surface area contributed by atoms with Gasteiger partial charge in [0.05, 0.1) is 11.7 Å². The van der Waals surface area contributed by atoms with Crippen molar-refractivity contribution in [2.24, 2.45) is 4.40 Å². The predicted octanol–water partition coefficient (Wildman–Crippen LogP) is -1.95. The molecule has 6 atom stereocenters. The van der Waals surface area contributed by atoms with Gasteiger partial charge in [-0.1, -0.05) is 17.8 Å². The Balaban J connectivity index is 2.89. The van der Waals surface area contributed by atoms with Gasteiger partial charge >= 0.3 is 0 Å². The lowest BCUT2D eigenvalue weighted by Gasteiger charge is -2.39. The van der Waals surface area contributed by atoms with Gasteiger partial charge in [0.2, 0.25) is 10.3 Å². The maximum absolute atomic E-state index is 10.9. The lowest BCUT2D eigenvalue weighted by molar-refractivity contribution is -0.205. The monoisotopic (exact) mass is 418 g/mol. The summed E-state index contributed by atoms with van der Waals surface area (Å²) >= 11 is 0.591. The van der Waals surface area contributed by atoms with E-state index in [2.05, 4.69) is 4.40 Å². The van der Waals surface area contributed by atoms with Gasteiger partial charge in [0.1, 0.15) is 29.9 Å². The standard InChI is InChI=1S/C12H21NO9S3/c1-24(18)5-3-2-4-8(13-25(19,20)21)23-12-11(17)10(16)9(15)7(6-14)22-12/h3,5,7,9-12,14-17H,2,4,6H2,1H3,(H,19,20,21)/p-1/b5-3?,13-8-/t7-,9-,10+,11-,12+,24?/m1/s1. The highest BCUT2D eigenvalue weighted by Crippen LogP contribution is 2.30. The van der Waals surface area contributed by atoms with E-state index in [1.165, 1.54) is 17.7 Å². The fraction of sp³-hybridized carbons (Fsp3) is 0.750. The van der Waals surface area contributed by atoms with Crippen LogP contribution < -0.4 is 0 Å². The van der Waals surface area contributed by atoms with Gasteiger partial charge < -0.3 is 29.7 Å². The normalized spacial score (nSPS) is 32.9. The Hall–Kier alpha value is -0.380. The summed E-state index contributed by atoms with van der Waals surface area (Å²) in [6.45, 7) is -0.639. The summed E-state index contributed by atoms with van der Waals surface area (Å²) in [6, 6.07) is 0. The number of nitrogens with zero attached hydrogens (tertiary/aromatic N) is 1. The van der Waals surface area contributed by atoms with Gasteiger partial charge in [0, 0.05) is 23.5 Å². The van der Waals surface area contributed by atoms with Crippen molar-refractivity contribution in [1.29, 1.82) is 0 Å². The van der Waals surface area contributed by atoms with Crippen molar-refractivity contribution in [1.82, 2.24) is 0 Å². The Morgan fingerprint density at radius 1 is 1.32 bits per heavy atom. The molecule has 4 N–H and O–H groups in total.